The molecule has 0 aliphatic heterocycles. The molecule has 0 aromatic carbocycles. The average Bonchev–Trinajstić information content (AvgIpc) is 2.05. The molecule has 0 atom stereocenters. The highest BCUT2D eigenvalue weighted by molar-refractivity contribution is 5.22. The zero-order chi connectivity index (χ0) is 8.27. The van der Waals surface area contributed by atoms with E-state index in [2.05, 4.69) is 25.0 Å². The van der Waals surface area contributed by atoms with Crippen LogP contribution in [0.1, 0.15) is 25.3 Å². The first kappa shape index (κ1) is 8.05. The zero-order valence-electron chi connectivity index (χ0n) is 7.09. The van der Waals surface area contributed by atoms with Gasteiger partial charge < -0.3 is 4.74 Å². The predicted molar refractivity (Wildman–Crippen MR) is 43.7 cm³/mol. The lowest BCUT2D eigenvalue weighted by atomic mass is 10.1. The largest absolute Gasteiger partial charge is 0.481 e. The monoisotopic (exact) mass is 150 g/mol. The number of hydrogen-bond acceptors (Lipinski definition) is 2. The van der Waals surface area contributed by atoms with E-state index < -0.39 is 0 Å². The minimum Gasteiger partial charge on any atom is -0.481 e. The van der Waals surface area contributed by atoms with E-state index in [1.807, 2.05) is 12.1 Å². The number of pyridine rings is 1. The third kappa shape index (κ3) is 1.93. The highest BCUT2D eigenvalue weighted by atomic mass is 16.5. The molecule has 1 aromatic rings. The van der Waals surface area contributed by atoms with Crippen molar-refractivity contribution < 1.29 is 4.74 Å². The maximum Gasteiger partial charge on any atom is 0.213 e. The second-order valence-corrected chi connectivity index (χ2v) is 2.73. The van der Waals surface area contributed by atoms with Gasteiger partial charge in [0.1, 0.15) is 0 Å². The molecule has 0 aliphatic rings. The van der Waals surface area contributed by atoms with Gasteiger partial charge in [0.15, 0.2) is 0 Å². The van der Waals surface area contributed by atoms with E-state index in [9.17, 15) is 0 Å². The second kappa shape index (κ2) is 3.37. The number of aromatic nitrogens is 1. The molecule has 2 heteroatoms. The summed E-state index contributed by atoms with van der Waals surface area (Å²) in [5.74, 6) is 1.14. The van der Waals surface area contributed by atoms with E-state index in [4.69, 9.17) is 4.74 Å². The summed E-state index contributed by atoms with van der Waals surface area (Å²) < 4.78 is 4.96. The second-order valence-electron chi connectivity index (χ2n) is 2.73. The molecule has 0 saturated carbocycles. The Labute approximate surface area is 67.2 Å². The van der Waals surface area contributed by atoms with Crippen LogP contribution in [0.2, 0.25) is 0 Å². The summed E-state index contributed by atoms with van der Waals surface area (Å²) >= 11 is 0. The van der Waals surface area contributed by atoms with Gasteiger partial charge in [-0.3, -0.25) is 0 Å². The van der Waals surface area contributed by atoms with Crippen molar-refractivity contribution in [1.29, 1.82) is 0 Å². The molecule has 59 valence electrons. The lowest BCUT2D eigenvalue weighted by Crippen LogP contribution is -1.91. The van der Waals surface area contributed by atoms with E-state index in [0.29, 0.717) is 11.8 Å². The topological polar surface area (TPSA) is 22.1 Å². The van der Waals surface area contributed by atoms with Crippen molar-refractivity contribution in [2.75, 3.05) is 7.11 Å². The van der Waals surface area contributed by atoms with Gasteiger partial charge in [0.05, 0.1) is 13.3 Å². The number of ether oxygens (including phenoxy) is 1. The molecule has 0 N–H and O–H groups in total. The minimum absolute atomic E-state index is 0.503. The Morgan fingerprint density at radius 1 is 1.55 bits per heavy atom. The molecule has 0 bridgehead atoms. The van der Waals surface area contributed by atoms with E-state index in [0.717, 1.165) is 0 Å². The van der Waals surface area contributed by atoms with Gasteiger partial charge in [-0.15, -0.1) is 0 Å². The van der Waals surface area contributed by atoms with Crippen molar-refractivity contribution in [2.45, 2.75) is 19.8 Å². The van der Waals surface area contributed by atoms with Crippen molar-refractivity contribution in [3.05, 3.63) is 23.9 Å². The predicted octanol–water partition coefficient (Wildman–Crippen LogP) is 2.01. The SMILES string of the molecule is COc1cc(C(C)C)c[c]n1. The molecule has 0 aliphatic carbocycles. The first-order valence-corrected chi connectivity index (χ1v) is 3.66. The lowest BCUT2D eigenvalue weighted by molar-refractivity contribution is 0.396. The molecule has 0 spiro atoms. The Morgan fingerprint density at radius 2 is 2.27 bits per heavy atom. The van der Waals surface area contributed by atoms with Gasteiger partial charge >= 0.3 is 0 Å². The Hall–Kier alpha value is -1.05. The Morgan fingerprint density at radius 3 is 2.82 bits per heavy atom. The van der Waals surface area contributed by atoms with Crippen molar-refractivity contribution in [2.24, 2.45) is 0 Å². The molecule has 1 radical (unpaired) electrons. The summed E-state index contributed by atoms with van der Waals surface area (Å²) in [4.78, 5) is 3.89. The maximum atomic E-state index is 4.96. The van der Waals surface area contributed by atoms with Crippen LogP contribution in [0.25, 0.3) is 0 Å². The van der Waals surface area contributed by atoms with Crippen LogP contribution in [0.4, 0.5) is 0 Å². The molecule has 2 nitrogen and oxygen atoms in total. The molecule has 1 rings (SSSR count). The Kier molecular flexibility index (Phi) is 2.47. The number of methoxy groups -OCH3 is 1. The van der Waals surface area contributed by atoms with Gasteiger partial charge in [-0.05, 0) is 17.5 Å². The number of hydrogen-bond donors (Lipinski definition) is 0. The molecular weight excluding hydrogens is 138 g/mol. The summed E-state index contributed by atoms with van der Waals surface area (Å²) in [6.45, 7) is 4.26. The van der Waals surface area contributed by atoms with Crippen LogP contribution in [-0.2, 0) is 0 Å². The third-order valence-electron chi connectivity index (χ3n) is 1.57. The molecule has 1 heterocycles. The molecule has 11 heavy (non-hydrogen) atoms. The molecule has 0 amide bonds. The fourth-order valence-corrected chi connectivity index (χ4v) is 0.825. The molecular formula is C9H12NO. The smallest absolute Gasteiger partial charge is 0.213 e. The van der Waals surface area contributed by atoms with Crippen LogP contribution in [0.3, 0.4) is 0 Å². The lowest BCUT2D eigenvalue weighted by Gasteiger charge is -2.04. The summed E-state index contributed by atoms with van der Waals surface area (Å²) in [5.41, 5.74) is 1.21. The normalized spacial score (nSPS) is 10.2. The molecule has 0 fully saturated rings. The Balaban J connectivity index is 2.91. The van der Waals surface area contributed by atoms with Crippen LogP contribution < -0.4 is 4.74 Å². The van der Waals surface area contributed by atoms with Gasteiger partial charge in [-0.25, -0.2) is 4.98 Å². The highest BCUT2D eigenvalue weighted by Crippen LogP contribution is 2.16. The fourth-order valence-electron chi connectivity index (χ4n) is 0.825. The van der Waals surface area contributed by atoms with Gasteiger partial charge in [0.2, 0.25) is 5.88 Å². The third-order valence-corrected chi connectivity index (χ3v) is 1.57. The van der Waals surface area contributed by atoms with Crippen molar-refractivity contribution in [3.63, 3.8) is 0 Å². The summed E-state index contributed by atoms with van der Waals surface area (Å²) in [5, 5.41) is 0. The summed E-state index contributed by atoms with van der Waals surface area (Å²) in [6.07, 6.45) is 2.79. The highest BCUT2D eigenvalue weighted by Gasteiger charge is 2.00. The van der Waals surface area contributed by atoms with Crippen molar-refractivity contribution in [1.82, 2.24) is 4.98 Å². The van der Waals surface area contributed by atoms with Crippen LogP contribution >= 0.6 is 0 Å². The minimum atomic E-state index is 0.503. The Bertz CT molecular complexity index is 233. The van der Waals surface area contributed by atoms with Gasteiger partial charge in [-0.1, -0.05) is 13.8 Å². The maximum absolute atomic E-state index is 4.96. The van der Waals surface area contributed by atoms with Crippen LogP contribution in [0.15, 0.2) is 12.1 Å². The van der Waals surface area contributed by atoms with Crippen LogP contribution in [-0.4, -0.2) is 12.1 Å². The fraction of sp³-hybridized carbons (Fsp3) is 0.444. The van der Waals surface area contributed by atoms with E-state index in [1.165, 1.54) is 5.56 Å². The van der Waals surface area contributed by atoms with Crippen LogP contribution in [0, 0.1) is 6.20 Å². The van der Waals surface area contributed by atoms with Gasteiger partial charge in [0, 0.05) is 6.07 Å². The van der Waals surface area contributed by atoms with Gasteiger partial charge in [0.25, 0.3) is 0 Å². The van der Waals surface area contributed by atoms with Crippen LogP contribution in [0.5, 0.6) is 5.88 Å². The van der Waals surface area contributed by atoms with E-state index in [-0.39, 0.29) is 0 Å². The quantitative estimate of drug-likeness (QED) is 0.643. The summed E-state index contributed by atoms with van der Waals surface area (Å²) in [7, 11) is 1.61. The van der Waals surface area contributed by atoms with Crippen molar-refractivity contribution in [3.8, 4) is 5.88 Å². The first-order valence-electron chi connectivity index (χ1n) is 3.66. The molecule has 0 saturated heterocycles. The molecule has 0 unspecified atom stereocenters. The summed E-state index contributed by atoms with van der Waals surface area (Å²) in [6, 6.07) is 3.81. The number of rotatable bonds is 2. The van der Waals surface area contributed by atoms with E-state index in [1.54, 1.807) is 7.11 Å². The first-order chi connectivity index (χ1) is 5.24. The zero-order valence-corrected chi connectivity index (χ0v) is 7.09. The average molecular weight is 150 g/mol. The van der Waals surface area contributed by atoms with Gasteiger partial charge in [-0.2, -0.15) is 0 Å². The van der Waals surface area contributed by atoms with Crippen molar-refractivity contribution >= 4 is 0 Å². The standard InChI is InChI=1S/C9H12NO/c1-7(2)8-4-5-10-9(6-8)11-3/h4,6-7H,1-3H3. The van der Waals surface area contributed by atoms with E-state index >= 15 is 0 Å². The molecule has 1 aromatic heterocycles. The number of nitrogens with zero attached hydrogens (tertiary/aromatic N) is 1.